The van der Waals surface area contributed by atoms with Gasteiger partial charge in [0.1, 0.15) is 6.33 Å². The van der Waals surface area contributed by atoms with Gasteiger partial charge in [0.2, 0.25) is 5.91 Å². The lowest BCUT2D eigenvalue weighted by Gasteiger charge is -2.08. The summed E-state index contributed by atoms with van der Waals surface area (Å²) >= 11 is 0. The predicted molar refractivity (Wildman–Crippen MR) is 101 cm³/mol. The molecule has 3 rings (SSSR count). The van der Waals surface area contributed by atoms with Crippen LogP contribution in [0.5, 0.6) is 0 Å². The number of nitrogens with zero attached hydrogens (tertiary/aromatic N) is 2. The number of para-hydroxylation sites is 2. The summed E-state index contributed by atoms with van der Waals surface area (Å²) in [5.74, 6) is -0.0510. The maximum Gasteiger partial charge on any atom is 0.312 e. The molecular weight excluding hydrogens is 330 g/mol. The summed E-state index contributed by atoms with van der Waals surface area (Å²) in [5, 5.41) is 5.38. The van der Waals surface area contributed by atoms with Gasteiger partial charge in [0.05, 0.1) is 11.0 Å². The van der Waals surface area contributed by atoms with Gasteiger partial charge < -0.3 is 16.4 Å². The molecular formula is C19H21N5O2. The number of aromatic nitrogens is 2. The normalized spacial score (nSPS) is 10.6. The number of carbonyl (C=O) groups is 2. The molecule has 1 aromatic heterocycles. The third-order valence-electron chi connectivity index (χ3n) is 4.01. The van der Waals surface area contributed by atoms with Crippen LogP contribution in [0.1, 0.15) is 19.3 Å². The molecule has 3 aromatic rings. The van der Waals surface area contributed by atoms with Crippen molar-refractivity contribution in [3.05, 3.63) is 54.9 Å². The highest BCUT2D eigenvalue weighted by atomic mass is 16.2. The quantitative estimate of drug-likeness (QED) is 0.570. The molecule has 0 fully saturated rings. The van der Waals surface area contributed by atoms with E-state index in [9.17, 15) is 9.59 Å². The Balaban J connectivity index is 1.54. The maximum atomic E-state index is 12.0. The minimum atomic E-state index is -0.541. The summed E-state index contributed by atoms with van der Waals surface area (Å²) in [7, 11) is 0. The fourth-order valence-electron chi connectivity index (χ4n) is 2.72. The van der Waals surface area contributed by atoms with Crippen LogP contribution in [0.4, 0.5) is 10.5 Å². The van der Waals surface area contributed by atoms with Crippen molar-refractivity contribution in [3.8, 4) is 5.69 Å². The van der Waals surface area contributed by atoms with Crippen LogP contribution in [0, 0.1) is 0 Å². The molecule has 0 unspecified atom stereocenters. The molecule has 0 aliphatic heterocycles. The Hall–Kier alpha value is -3.35. The third-order valence-corrected chi connectivity index (χ3v) is 4.01. The van der Waals surface area contributed by atoms with Gasteiger partial charge in [0.25, 0.3) is 0 Å². The van der Waals surface area contributed by atoms with Gasteiger partial charge in [-0.2, -0.15) is 0 Å². The number of anilines is 1. The van der Waals surface area contributed by atoms with Gasteiger partial charge in [-0.1, -0.05) is 12.1 Å². The first-order valence-corrected chi connectivity index (χ1v) is 8.49. The van der Waals surface area contributed by atoms with Crippen molar-refractivity contribution in [2.75, 3.05) is 11.9 Å². The zero-order valence-corrected chi connectivity index (χ0v) is 14.3. The van der Waals surface area contributed by atoms with Crippen molar-refractivity contribution in [2.45, 2.75) is 19.3 Å². The molecule has 0 aliphatic carbocycles. The van der Waals surface area contributed by atoms with E-state index in [0.717, 1.165) is 22.4 Å². The number of amides is 3. The Labute approximate surface area is 151 Å². The van der Waals surface area contributed by atoms with Gasteiger partial charge >= 0.3 is 6.03 Å². The second kappa shape index (κ2) is 8.15. The standard InChI is InChI=1S/C19H21N5O2/c20-19(26)21-12-4-3-7-18(25)23-14-8-10-15(11-9-14)24-13-22-16-5-1-2-6-17(16)24/h1-2,5-6,8-11,13H,3-4,7,12H2,(H,23,25)(H3,20,21,26). The van der Waals surface area contributed by atoms with Gasteiger partial charge in [0, 0.05) is 24.3 Å². The van der Waals surface area contributed by atoms with E-state index < -0.39 is 6.03 Å². The number of fused-ring (bicyclic) bond motifs is 1. The van der Waals surface area contributed by atoms with Gasteiger partial charge in [0.15, 0.2) is 0 Å². The average Bonchev–Trinajstić information content (AvgIpc) is 3.06. The molecule has 0 radical (unpaired) electrons. The lowest BCUT2D eigenvalue weighted by atomic mass is 10.2. The number of rotatable bonds is 7. The van der Waals surface area contributed by atoms with E-state index in [1.54, 1.807) is 6.33 Å². The van der Waals surface area contributed by atoms with Crippen molar-refractivity contribution in [1.29, 1.82) is 0 Å². The van der Waals surface area contributed by atoms with Crippen LogP contribution in [0.3, 0.4) is 0 Å². The lowest BCUT2D eigenvalue weighted by Crippen LogP contribution is -2.30. The number of benzene rings is 2. The third kappa shape index (κ3) is 4.38. The summed E-state index contributed by atoms with van der Waals surface area (Å²) in [5.41, 5.74) is 8.69. The topological polar surface area (TPSA) is 102 Å². The predicted octanol–water partition coefficient (Wildman–Crippen LogP) is 2.80. The van der Waals surface area contributed by atoms with Crippen molar-refractivity contribution in [3.63, 3.8) is 0 Å². The zero-order chi connectivity index (χ0) is 18.4. The fraction of sp³-hybridized carbons (Fsp3) is 0.211. The first kappa shape index (κ1) is 17.5. The molecule has 1 heterocycles. The molecule has 0 aliphatic rings. The van der Waals surface area contributed by atoms with Gasteiger partial charge in [-0.3, -0.25) is 9.36 Å². The van der Waals surface area contributed by atoms with E-state index in [1.165, 1.54) is 0 Å². The molecule has 0 saturated heterocycles. The highest BCUT2D eigenvalue weighted by molar-refractivity contribution is 5.90. The molecule has 7 nitrogen and oxygen atoms in total. The number of hydrogen-bond acceptors (Lipinski definition) is 3. The molecule has 134 valence electrons. The van der Waals surface area contributed by atoms with Crippen LogP contribution >= 0.6 is 0 Å². The molecule has 4 N–H and O–H groups in total. The smallest absolute Gasteiger partial charge is 0.312 e. The van der Waals surface area contributed by atoms with Crippen molar-refractivity contribution in [2.24, 2.45) is 5.73 Å². The molecule has 0 saturated carbocycles. The Morgan fingerprint density at radius 1 is 1.04 bits per heavy atom. The van der Waals surface area contributed by atoms with Crippen molar-refractivity contribution in [1.82, 2.24) is 14.9 Å². The van der Waals surface area contributed by atoms with Crippen LogP contribution in [-0.4, -0.2) is 28.0 Å². The van der Waals surface area contributed by atoms with Crippen LogP contribution < -0.4 is 16.4 Å². The number of nitrogens with two attached hydrogens (primary N) is 1. The average molecular weight is 351 g/mol. The second-order valence-corrected chi connectivity index (χ2v) is 5.95. The molecule has 26 heavy (non-hydrogen) atoms. The summed E-state index contributed by atoms with van der Waals surface area (Å²) in [6.45, 7) is 0.482. The summed E-state index contributed by atoms with van der Waals surface area (Å²) in [6.07, 6.45) is 3.58. The van der Waals surface area contributed by atoms with Crippen LogP contribution in [0.2, 0.25) is 0 Å². The zero-order valence-electron chi connectivity index (χ0n) is 14.3. The molecule has 2 aromatic carbocycles. The van der Waals surface area contributed by atoms with E-state index in [0.29, 0.717) is 25.8 Å². The Morgan fingerprint density at radius 3 is 2.58 bits per heavy atom. The molecule has 7 heteroatoms. The second-order valence-electron chi connectivity index (χ2n) is 5.95. The first-order chi connectivity index (χ1) is 12.6. The molecule has 0 spiro atoms. The van der Waals surface area contributed by atoms with E-state index in [-0.39, 0.29) is 5.91 Å². The van der Waals surface area contributed by atoms with Crippen LogP contribution in [0.25, 0.3) is 16.7 Å². The van der Waals surface area contributed by atoms with Crippen LogP contribution in [-0.2, 0) is 4.79 Å². The summed E-state index contributed by atoms with van der Waals surface area (Å²) in [4.78, 5) is 26.9. The van der Waals surface area contributed by atoms with E-state index >= 15 is 0 Å². The van der Waals surface area contributed by atoms with Crippen molar-refractivity contribution >= 4 is 28.7 Å². The summed E-state index contributed by atoms with van der Waals surface area (Å²) in [6, 6.07) is 15.0. The molecule has 0 atom stereocenters. The first-order valence-electron chi connectivity index (χ1n) is 8.49. The molecule has 0 bridgehead atoms. The van der Waals surface area contributed by atoms with Crippen LogP contribution in [0.15, 0.2) is 54.9 Å². The minimum Gasteiger partial charge on any atom is -0.352 e. The number of imidazole rings is 1. The van der Waals surface area contributed by atoms with E-state index in [2.05, 4.69) is 15.6 Å². The van der Waals surface area contributed by atoms with E-state index in [1.807, 2.05) is 53.1 Å². The SMILES string of the molecule is NC(=O)NCCCCC(=O)Nc1ccc(-n2cnc3ccccc32)cc1. The number of nitrogens with one attached hydrogen (secondary N) is 2. The monoisotopic (exact) mass is 351 g/mol. The lowest BCUT2D eigenvalue weighted by molar-refractivity contribution is -0.116. The maximum absolute atomic E-state index is 12.0. The highest BCUT2D eigenvalue weighted by Crippen LogP contribution is 2.19. The Morgan fingerprint density at radius 2 is 1.81 bits per heavy atom. The van der Waals surface area contributed by atoms with Gasteiger partial charge in [-0.05, 0) is 49.2 Å². The minimum absolute atomic E-state index is 0.0510. The Bertz CT molecular complexity index is 902. The number of hydrogen-bond donors (Lipinski definition) is 3. The van der Waals surface area contributed by atoms with E-state index in [4.69, 9.17) is 5.73 Å². The fourth-order valence-corrected chi connectivity index (χ4v) is 2.72. The number of primary amides is 1. The van der Waals surface area contributed by atoms with Gasteiger partial charge in [-0.25, -0.2) is 9.78 Å². The molecule has 3 amide bonds. The largest absolute Gasteiger partial charge is 0.352 e. The Kier molecular flexibility index (Phi) is 5.48. The number of unbranched alkanes of at least 4 members (excludes halogenated alkanes) is 1. The number of carbonyl (C=O) groups excluding carboxylic acids is 2. The van der Waals surface area contributed by atoms with Crippen molar-refractivity contribution < 1.29 is 9.59 Å². The van der Waals surface area contributed by atoms with Gasteiger partial charge in [-0.15, -0.1) is 0 Å². The highest BCUT2D eigenvalue weighted by Gasteiger charge is 2.05. The summed E-state index contributed by atoms with van der Waals surface area (Å²) < 4.78 is 2.01. The number of urea groups is 1.